The van der Waals surface area contributed by atoms with Gasteiger partial charge < -0.3 is 5.32 Å². The van der Waals surface area contributed by atoms with E-state index in [1.54, 1.807) is 0 Å². The van der Waals surface area contributed by atoms with Crippen LogP contribution in [0.25, 0.3) is 0 Å². The molecule has 0 saturated heterocycles. The number of rotatable bonds is 5. The van der Waals surface area contributed by atoms with E-state index in [9.17, 15) is 0 Å². The van der Waals surface area contributed by atoms with Gasteiger partial charge in [0.05, 0.1) is 0 Å². The van der Waals surface area contributed by atoms with Crippen LogP contribution in [0.5, 0.6) is 0 Å². The van der Waals surface area contributed by atoms with E-state index < -0.39 is 0 Å². The van der Waals surface area contributed by atoms with E-state index in [0.717, 1.165) is 17.3 Å². The van der Waals surface area contributed by atoms with Gasteiger partial charge in [-0.2, -0.15) is 0 Å². The zero-order valence-corrected chi connectivity index (χ0v) is 11.2. The molecule has 0 aliphatic carbocycles. The van der Waals surface area contributed by atoms with E-state index in [4.69, 9.17) is 0 Å². The highest BCUT2D eigenvalue weighted by atomic mass is 14.9. The van der Waals surface area contributed by atoms with Gasteiger partial charge >= 0.3 is 0 Å². The zero-order valence-electron chi connectivity index (χ0n) is 11.2. The number of nitrogens with one attached hydrogen (secondary N) is 1. The maximum atomic E-state index is 4.54. The maximum absolute atomic E-state index is 4.54. The first kappa shape index (κ1) is 13.2. The molecule has 2 unspecified atom stereocenters. The molecular weight excluding hydrogens is 196 g/mol. The molecular formula is C14H24N2. The Morgan fingerprint density at radius 2 is 2.00 bits per heavy atom. The van der Waals surface area contributed by atoms with E-state index in [1.165, 1.54) is 18.4 Å². The van der Waals surface area contributed by atoms with E-state index in [0.29, 0.717) is 6.04 Å². The Morgan fingerprint density at radius 3 is 2.50 bits per heavy atom. The van der Waals surface area contributed by atoms with Gasteiger partial charge in [-0.05, 0) is 44.9 Å². The Labute approximate surface area is 99.5 Å². The number of hydrogen-bond acceptors (Lipinski definition) is 2. The first-order valence-corrected chi connectivity index (χ1v) is 6.19. The van der Waals surface area contributed by atoms with Crippen molar-refractivity contribution in [2.24, 2.45) is 5.92 Å². The summed E-state index contributed by atoms with van der Waals surface area (Å²) in [5.74, 6) is 0.748. The quantitative estimate of drug-likeness (QED) is 0.822. The van der Waals surface area contributed by atoms with Gasteiger partial charge in [0.25, 0.3) is 0 Å². The van der Waals surface area contributed by atoms with Crippen molar-refractivity contribution in [3.8, 4) is 0 Å². The molecule has 0 aliphatic heterocycles. The van der Waals surface area contributed by atoms with E-state index in [2.05, 4.69) is 43.2 Å². The van der Waals surface area contributed by atoms with Gasteiger partial charge in [-0.1, -0.05) is 26.3 Å². The van der Waals surface area contributed by atoms with Crippen LogP contribution in [0, 0.1) is 19.8 Å². The summed E-state index contributed by atoms with van der Waals surface area (Å²) in [5, 5.41) is 3.40. The molecule has 0 radical (unpaired) electrons. The molecule has 90 valence electrons. The summed E-state index contributed by atoms with van der Waals surface area (Å²) >= 11 is 0. The molecule has 16 heavy (non-hydrogen) atoms. The molecule has 1 N–H and O–H groups in total. The molecule has 2 nitrogen and oxygen atoms in total. The fraction of sp³-hybridized carbons (Fsp3) is 0.643. The summed E-state index contributed by atoms with van der Waals surface area (Å²) in [4.78, 5) is 4.54. The molecule has 1 aromatic rings. The number of aryl methyl sites for hydroxylation is 2. The summed E-state index contributed by atoms with van der Waals surface area (Å²) < 4.78 is 0. The van der Waals surface area contributed by atoms with Gasteiger partial charge in [0.15, 0.2) is 0 Å². The monoisotopic (exact) mass is 220 g/mol. The molecule has 0 fully saturated rings. The van der Waals surface area contributed by atoms with Gasteiger partial charge in [-0.15, -0.1) is 0 Å². The van der Waals surface area contributed by atoms with Crippen LogP contribution in [0.2, 0.25) is 0 Å². The van der Waals surface area contributed by atoms with Crippen molar-refractivity contribution in [3.05, 3.63) is 29.1 Å². The molecule has 0 aliphatic rings. The number of nitrogens with zero attached hydrogens (tertiary/aromatic N) is 1. The van der Waals surface area contributed by atoms with E-state index in [-0.39, 0.29) is 0 Å². The molecule has 1 heterocycles. The van der Waals surface area contributed by atoms with Crippen molar-refractivity contribution in [2.75, 3.05) is 7.05 Å². The summed E-state index contributed by atoms with van der Waals surface area (Å²) in [6.07, 6.45) is 2.41. The Morgan fingerprint density at radius 1 is 1.31 bits per heavy atom. The summed E-state index contributed by atoms with van der Waals surface area (Å²) in [7, 11) is 2.03. The average molecular weight is 220 g/mol. The van der Waals surface area contributed by atoms with Gasteiger partial charge in [-0.25, -0.2) is 0 Å². The van der Waals surface area contributed by atoms with Crippen LogP contribution < -0.4 is 5.32 Å². The minimum absolute atomic E-state index is 0.433. The van der Waals surface area contributed by atoms with Crippen molar-refractivity contribution in [1.82, 2.24) is 10.3 Å². The molecule has 1 rings (SSSR count). The summed E-state index contributed by atoms with van der Waals surface area (Å²) in [6.45, 7) is 8.70. The van der Waals surface area contributed by atoms with Crippen molar-refractivity contribution < 1.29 is 0 Å². The first-order chi connectivity index (χ1) is 7.58. The third-order valence-electron chi connectivity index (χ3n) is 3.32. The molecule has 2 heteroatoms. The van der Waals surface area contributed by atoms with Gasteiger partial charge in [0, 0.05) is 17.4 Å². The van der Waals surface area contributed by atoms with Crippen LogP contribution >= 0.6 is 0 Å². The van der Waals surface area contributed by atoms with Gasteiger partial charge in [0.2, 0.25) is 0 Å². The highest BCUT2D eigenvalue weighted by molar-refractivity contribution is 5.25. The third kappa shape index (κ3) is 3.31. The standard InChI is InChI=1S/C14H24N2/c1-6-10(2)9-14(15-5)13-8-7-11(3)16-12(13)4/h7-8,10,14-15H,6,9H2,1-5H3. The Bertz CT molecular complexity index is 334. The first-order valence-electron chi connectivity index (χ1n) is 6.19. The smallest absolute Gasteiger partial charge is 0.0423 e. The van der Waals surface area contributed by atoms with Gasteiger partial charge in [-0.3, -0.25) is 4.98 Å². The second kappa shape index (κ2) is 6.00. The third-order valence-corrected chi connectivity index (χ3v) is 3.32. The molecule has 0 bridgehead atoms. The number of aromatic nitrogens is 1. The lowest BCUT2D eigenvalue weighted by atomic mass is 9.93. The van der Waals surface area contributed by atoms with Crippen LogP contribution in [-0.4, -0.2) is 12.0 Å². The van der Waals surface area contributed by atoms with Crippen LogP contribution in [0.3, 0.4) is 0 Å². The maximum Gasteiger partial charge on any atom is 0.0423 e. The van der Waals surface area contributed by atoms with Gasteiger partial charge in [0.1, 0.15) is 0 Å². The molecule has 0 aromatic carbocycles. The van der Waals surface area contributed by atoms with Crippen LogP contribution in [0.4, 0.5) is 0 Å². The highest BCUT2D eigenvalue weighted by Gasteiger charge is 2.15. The second-order valence-electron chi connectivity index (χ2n) is 4.72. The SMILES string of the molecule is CCC(C)CC(NC)c1ccc(C)nc1C. The lowest BCUT2D eigenvalue weighted by molar-refractivity contribution is 0.420. The fourth-order valence-electron chi connectivity index (χ4n) is 2.03. The number of pyridine rings is 1. The Balaban J connectivity index is 2.86. The van der Waals surface area contributed by atoms with Crippen molar-refractivity contribution in [2.45, 2.75) is 46.6 Å². The minimum atomic E-state index is 0.433. The summed E-state index contributed by atoms with van der Waals surface area (Å²) in [6, 6.07) is 4.74. The largest absolute Gasteiger partial charge is 0.313 e. The topological polar surface area (TPSA) is 24.9 Å². The lowest BCUT2D eigenvalue weighted by Gasteiger charge is -2.21. The Hall–Kier alpha value is -0.890. The van der Waals surface area contributed by atoms with Crippen molar-refractivity contribution in [3.63, 3.8) is 0 Å². The molecule has 0 amide bonds. The fourth-order valence-corrected chi connectivity index (χ4v) is 2.03. The predicted octanol–water partition coefficient (Wildman–Crippen LogP) is 3.40. The highest BCUT2D eigenvalue weighted by Crippen LogP contribution is 2.24. The van der Waals surface area contributed by atoms with Crippen LogP contribution in [-0.2, 0) is 0 Å². The zero-order chi connectivity index (χ0) is 12.1. The van der Waals surface area contributed by atoms with Crippen molar-refractivity contribution >= 4 is 0 Å². The number of hydrogen-bond donors (Lipinski definition) is 1. The van der Waals surface area contributed by atoms with Crippen LogP contribution in [0.1, 0.15) is 49.7 Å². The normalized spacial score (nSPS) is 14.8. The van der Waals surface area contributed by atoms with Crippen LogP contribution in [0.15, 0.2) is 12.1 Å². The molecule has 1 aromatic heterocycles. The summed E-state index contributed by atoms with van der Waals surface area (Å²) in [5.41, 5.74) is 3.59. The average Bonchev–Trinajstić information content (AvgIpc) is 2.26. The molecule has 0 saturated carbocycles. The molecule has 0 spiro atoms. The predicted molar refractivity (Wildman–Crippen MR) is 69.6 cm³/mol. The second-order valence-corrected chi connectivity index (χ2v) is 4.72. The lowest BCUT2D eigenvalue weighted by Crippen LogP contribution is -2.20. The minimum Gasteiger partial charge on any atom is -0.313 e. The molecule has 2 atom stereocenters. The Kier molecular flexibility index (Phi) is 4.94. The van der Waals surface area contributed by atoms with E-state index in [1.807, 2.05) is 14.0 Å². The van der Waals surface area contributed by atoms with Crippen molar-refractivity contribution in [1.29, 1.82) is 0 Å². The van der Waals surface area contributed by atoms with E-state index >= 15 is 0 Å².